The first-order valence-electron chi connectivity index (χ1n) is 14.8. The van der Waals surface area contributed by atoms with Crippen LogP contribution in [0.4, 0.5) is 17.1 Å². The summed E-state index contributed by atoms with van der Waals surface area (Å²) in [6, 6.07) is 49.4. The highest BCUT2D eigenvalue weighted by Gasteiger charge is 2.38. The Hall–Kier alpha value is -5.11. The Morgan fingerprint density at radius 1 is 0.545 bits per heavy atom. The summed E-state index contributed by atoms with van der Waals surface area (Å²) in [5, 5.41) is 1.46. The third-order valence-electron chi connectivity index (χ3n) is 8.00. The number of aryl methyl sites for hydroxylation is 2. The minimum atomic E-state index is -3.32. The summed E-state index contributed by atoms with van der Waals surface area (Å²) in [4.78, 5) is 2.25. The molecule has 0 bridgehead atoms. The smallest absolute Gasteiger partial charge is 0.307 e. The van der Waals surface area contributed by atoms with Crippen LogP contribution in [0.1, 0.15) is 22.3 Å². The molecule has 7 rings (SSSR count). The number of hydrogen-bond donors (Lipinski definition) is 0. The van der Waals surface area contributed by atoms with Gasteiger partial charge in [-0.2, -0.15) is 0 Å². The molecule has 0 spiro atoms. The Kier molecular flexibility index (Phi) is 7.26. The molecular formula is C40H32NO2P. The van der Waals surface area contributed by atoms with Gasteiger partial charge in [-0.1, -0.05) is 102 Å². The zero-order chi connectivity index (χ0) is 30.1. The molecule has 1 heterocycles. The average molecular weight is 590 g/mol. The van der Waals surface area contributed by atoms with E-state index in [0.717, 1.165) is 55.7 Å². The predicted octanol–water partition coefficient (Wildman–Crippen LogP) is 10.2. The highest BCUT2D eigenvalue weighted by molar-refractivity contribution is 7.75. The molecular weight excluding hydrogens is 557 g/mol. The molecule has 1 unspecified atom stereocenters. The quantitative estimate of drug-likeness (QED) is 0.143. The third kappa shape index (κ3) is 5.28. The SMILES string of the molecule is Cc1ccc2c(c1)-c1ccc(C)cc1P(=O)(c1ccc(C=Cc3ccc(N(c4ccccc4)c4ccccc4)cc3)cc1)O2. The summed E-state index contributed by atoms with van der Waals surface area (Å²) in [6.07, 6.45) is 4.18. The molecule has 44 heavy (non-hydrogen) atoms. The van der Waals surface area contributed by atoms with E-state index in [4.69, 9.17) is 4.52 Å². The molecule has 6 aromatic carbocycles. The van der Waals surface area contributed by atoms with Crippen LogP contribution in [0.5, 0.6) is 5.75 Å². The monoisotopic (exact) mass is 589 g/mol. The van der Waals surface area contributed by atoms with Gasteiger partial charge in [-0.3, -0.25) is 4.57 Å². The van der Waals surface area contributed by atoms with Crippen molar-refractivity contribution in [2.24, 2.45) is 0 Å². The molecule has 0 saturated carbocycles. The lowest BCUT2D eigenvalue weighted by atomic mass is 10.0. The molecule has 0 saturated heterocycles. The van der Waals surface area contributed by atoms with E-state index in [2.05, 4.69) is 115 Å². The second-order valence-corrected chi connectivity index (χ2v) is 13.5. The second-order valence-electron chi connectivity index (χ2n) is 11.2. The van der Waals surface area contributed by atoms with Gasteiger partial charge in [0.25, 0.3) is 0 Å². The van der Waals surface area contributed by atoms with Crippen LogP contribution in [-0.2, 0) is 4.57 Å². The highest BCUT2D eigenvalue weighted by atomic mass is 31.2. The molecule has 0 N–H and O–H groups in total. The minimum Gasteiger partial charge on any atom is -0.436 e. The molecule has 6 aromatic rings. The maximum atomic E-state index is 14.6. The zero-order valence-electron chi connectivity index (χ0n) is 24.7. The summed E-state index contributed by atoms with van der Waals surface area (Å²) < 4.78 is 20.9. The van der Waals surface area contributed by atoms with Gasteiger partial charge in [0.15, 0.2) is 0 Å². The number of hydrogen-bond acceptors (Lipinski definition) is 3. The van der Waals surface area contributed by atoms with E-state index in [1.165, 1.54) is 0 Å². The van der Waals surface area contributed by atoms with Crippen LogP contribution in [0, 0.1) is 13.8 Å². The first kappa shape index (κ1) is 27.7. The van der Waals surface area contributed by atoms with Gasteiger partial charge in [0.2, 0.25) is 0 Å². The number of benzene rings is 6. The van der Waals surface area contributed by atoms with Crippen LogP contribution >= 0.6 is 7.37 Å². The van der Waals surface area contributed by atoms with Crippen molar-refractivity contribution >= 4 is 47.2 Å². The van der Waals surface area contributed by atoms with Crippen LogP contribution in [-0.4, -0.2) is 0 Å². The maximum Gasteiger partial charge on any atom is 0.307 e. The number of rotatable bonds is 6. The Labute approximate surface area is 259 Å². The van der Waals surface area contributed by atoms with Crippen molar-refractivity contribution in [1.82, 2.24) is 0 Å². The summed E-state index contributed by atoms with van der Waals surface area (Å²) in [6.45, 7) is 4.09. The topological polar surface area (TPSA) is 29.5 Å². The van der Waals surface area contributed by atoms with Crippen LogP contribution in [0.2, 0.25) is 0 Å². The summed E-state index contributed by atoms with van der Waals surface area (Å²) in [5.74, 6) is 0.667. The van der Waals surface area contributed by atoms with Crippen molar-refractivity contribution in [3.63, 3.8) is 0 Å². The van der Waals surface area contributed by atoms with E-state index in [1.807, 2.05) is 61.5 Å². The van der Waals surface area contributed by atoms with E-state index in [9.17, 15) is 4.57 Å². The van der Waals surface area contributed by atoms with Crippen molar-refractivity contribution in [3.8, 4) is 16.9 Å². The molecule has 0 fully saturated rings. The van der Waals surface area contributed by atoms with E-state index in [-0.39, 0.29) is 0 Å². The number of anilines is 3. The summed E-state index contributed by atoms with van der Waals surface area (Å²) in [7, 11) is -3.32. The van der Waals surface area contributed by atoms with Crippen molar-refractivity contribution < 1.29 is 9.09 Å². The average Bonchev–Trinajstić information content (AvgIpc) is 3.06. The van der Waals surface area contributed by atoms with Crippen molar-refractivity contribution in [3.05, 3.63) is 168 Å². The van der Waals surface area contributed by atoms with Gasteiger partial charge in [-0.15, -0.1) is 0 Å². The van der Waals surface area contributed by atoms with Gasteiger partial charge >= 0.3 is 7.37 Å². The van der Waals surface area contributed by atoms with Crippen LogP contribution in [0.15, 0.2) is 146 Å². The van der Waals surface area contributed by atoms with Crippen molar-refractivity contribution in [2.75, 3.05) is 4.90 Å². The molecule has 3 nitrogen and oxygen atoms in total. The Balaban J connectivity index is 1.14. The van der Waals surface area contributed by atoms with E-state index < -0.39 is 7.37 Å². The lowest BCUT2D eigenvalue weighted by Gasteiger charge is -2.29. The van der Waals surface area contributed by atoms with Gasteiger partial charge in [0.1, 0.15) is 5.75 Å². The predicted molar refractivity (Wildman–Crippen MR) is 185 cm³/mol. The molecule has 0 radical (unpaired) electrons. The lowest BCUT2D eigenvalue weighted by molar-refractivity contribution is 0.501. The van der Waals surface area contributed by atoms with Crippen molar-refractivity contribution in [2.45, 2.75) is 13.8 Å². The molecule has 0 aliphatic carbocycles. The van der Waals surface area contributed by atoms with Crippen LogP contribution in [0.3, 0.4) is 0 Å². The highest BCUT2D eigenvalue weighted by Crippen LogP contribution is 2.54. The molecule has 214 valence electrons. The second kappa shape index (κ2) is 11.5. The zero-order valence-corrected chi connectivity index (χ0v) is 25.6. The normalized spacial score (nSPS) is 15.3. The minimum absolute atomic E-state index is 0.667. The Morgan fingerprint density at radius 3 is 1.68 bits per heavy atom. The molecule has 4 heteroatoms. The number of nitrogens with zero attached hydrogens (tertiary/aromatic N) is 1. The standard InChI is InChI=1S/C40H32NO2P/c1-29-14-26-39-38(27-29)37-25-13-30(2)28-40(37)44(42,43-39)36-23-19-32(20-24-36)16-15-31-17-21-35(22-18-31)41(33-9-5-3-6-10-33)34-11-7-4-8-12-34/h3-28H,1-2H3. The Bertz CT molecular complexity index is 1980. The van der Waals surface area contributed by atoms with Gasteiger partial charge in [-0.25, -0.2) is 0 Å². The lowest BCUT2D eigenvalue weighted by Crippen LogP contribution is -2.25. The molecule has 1 atom stereocenters. The van der Waals surface area contributed by atoms with Gasteiger partial charge in [0.05, 0.1) is 10.6 Å². The van der Waals surface area contributed by atoms with Crippen molar-refractivity contribution in [1.29, 1.82) is 0 Å². The van der Waals surface area contributed by atoms with E-state index >= 15 is 0 Å². The molecule has 1 aliphatic rings. The fourth-order valence-electron chi connectivity index (χ4n) is 5.74. The fourth-order valence-corrected chi connectivity index (χ4v) is 8.08. The fraction of sp³-hybridized carbons (Fsp3) is 0.0500. The molecule has 1 aliphatic heterocycles. The molecule has 0 amide bonds. The van der Waals surface area contributed by atoms with Gasteiger partial charge in [-0.05, 0) is 97.3 Å². The Morgan fingerprint density at radius 2 is 1.07 bits per heavy atom. The summed E-state index contributed by atoms with van der Waals surface area (Å²) in [5.41, 5.74) is 9.61. The first-order valence-corrected chi connectivity index (χ1v) is 16.4. The van der Waals surface area contributed by atoms with E-state index in [1.54, 1.807) is 0 Å². The van der Waals surface area contributed by atoms with Gasteiger partial charge in [0, 0.05) is 22.6 Å². The van der Waals surface area contributed by atoms with E-state index in [0.29, 0.717) is 11.1 Å². The number of fused-ring (bicyclic) bond motifs is 3. The summed E-state index contributed by atoms with van der Waals surface area (Å²) >= 11 is 0. The first-order chi connectivity index (χ1) is 21.5. The largest absolute Gasteiger partial charge is 0.436 e. The maximum absolute atomic E-state index is 14.6. The molecule has 0 aromatic heterocycles. The third-order valence-corrected chi connectivity index (χ3v) is 10.4. The van der Waals surface area contributed by atoms with Crippen LogP contribution in [0.25, 0.3) is 23.3 Å². The van der Waals surface area contributed by atoms with Gasteiger partial charge < -0.3 is 9.42 Å². The number of para-hydroxylation sites is 2. The van der Waals surface area contributed by atoms with Crippen LogP contribution < -0.4 is 20.0 Å².